The molecule has 0 aliphatic rings. The Morgan fingerprint density at radius 3 is 2.21 bits per heavy atom. The molecular weight excluding hydrogens is 440 g/mol. The van der Waals surface area contributed by atoms with Crippen molar-refractivity contribution in [1.29, 1.82) is 0 Å². The molecule has 0 amide bonds. The lowest BCUT2D eigenvalue weighted by atomic mass is 10.1. The largest absolute Gasteiger partial charge is 0.253 e. The zero-order valence-corrected chi connectivity index (χ0v) is 18.0. The lowest BCUT2D eigenvalue weighted by Crippen LogP contribution is -1.94. The van der Waals surface area contributed by atoms with Gasteiger partial charge >= 0.3 is 0 Å². The van der Waals surface area contributed by atoms with Crippen molar-refractivity contribution < 1.29 is 8.78 Å². The summed E-state index contributed by atoms with van der Waals surface area (Å²) in [6.45, 7) is 0. The third-order valence-corrected chi connectivity index (χ3v) is 5.64. The molecule has 0 spiro atoms. The molecule has 5 rings (SSSR count). The van der Waals surface area contributed by atoms with Crippen molar-refractivity contribution in [2.24, 2.45) is 5.10 Å². The van der Waals surface area contributed by atoms with Gasteiger partial charge in [-0.05, 0) is 60.7 Å². The fourth-order valence-electron chi connectivity index (χ4n) is 3.26. The van der Waals surface area contributed by atoms with Crippen LogP contribution >= 0.6 is 11.3 Å². The molecule has 1 N–H and O–H groups in total. The van der Waals surface area contributed by atoms with Crippen molar-refractivity contribution in [1.82, 2.24) is 14.8 Å². The predicted octanol–water partition coefficient (Wildman–Crippen LogP) is 6.39. The summed E-state index contributed by atoms with van der Waals surface area (Å²) >= 11 is 1.40. The summed E-state index contributed by atoms with van der Waals surface area (Å²) in [5, 5.41) is 11.5. The number of para-hydroxylation sites is 1. The number of aromatic nitrogens is 3. The molecule has 3 aromatic carbocycles. The number of hydrogen-bond acceptors (Lipinski definition) is 5. The van der Waals surface area contributed by atoms with E-state index >= 15 is 0 Å². The Morgan fingerprint density at radius 2 is 1.52 bits per heavy atom. The number of thiazole rings is 1. The van der Waals surface area contributed by atoms with Gasteiger partial charge in [0.1, 0.15) is 17.3 Å². The van der Waals surface area contributed by atoms with Gasteiger partial charge in [0.15, 0.2) is 0 Å². The standard InChI is InChI=1S/C25H17F2N5S/c26-20-10-6-17(7-11-20)23-16-33-25(29-23)30-28-14-19-15-32(22-4-2-1-3-5-22)31-24(19)18-8-12-21(27)13-9-18/h1-16H,(H,29,30)/b28-14+. The summed E-state index contributed by atoms with van der Waals surface area (Å²) in [5.74, 6) is -0.594. The highest BCUT2D eigenvalue weighted by atomic mass is 32.1. The Morgan fingerprint density at radius 1 is 0.848 bits per heavy atom. The highest BCUT2D eigenvalue weighted by Gasteiger charge is 2.11. The number of halogens is 2. The Labute approximate surface area is 192 Å². The van der Waals surface area contributed by atoms with Gasteiger partial charge in [-0.15, -0.1) is 11.3 Å². The maximum Gasteiger partial charge on any atom is 0.203 e. The minimum absolute atomic E-state index is 0.287. The Hall–Kier alpha value is -4.17. The molecule has 0 aliphatic heterocycles. The van der Waals surface area contributed by atoms with Crippen LogP contribution in [0.5, 0.6) is 0 Å². The van der Waals surface area contributed by atoms with E-state index in [0.29, 0.717) is 10.8 Å². The van der Waals surface area contributed by atoms with Gasteiger partial charge in [0.25, 0.3) is 0 Å². The van der Waals surface area contributed by atoms with Gasteiger partial charge in [0, 0.05) is 28.3 Å². The van der Waals surface area contributed by atoms with Crippen LogP contribution in [0, 0.1) is 11.6 Å². The van der Waals surface area contributed by atoms with E-state index in [1.165, 1.54) is 35.6 Å². The lowest BCUT2D eigenvalue weighted by Gasteiger charge is -2.00. The number of nitrogens with one attached hydrogen (secondary N) is 1. The zero-order chi connectivity index (χ0) is 22.6. The van der Waals surface area contributed by atoms with E-state index in [1.807, 2.05) is 41.9 Å². The molecule has 0 aliphatic carbocycles. The van der Waals surface area contributed by atoms with Gasteiger partial charge in [0.2, 0.25) is 5.13 Å². The Balaban J connectivity index is 1.41. The predicted molar refractivity (Wildman–Crippen MR) is 128 cm³/mol. The third-order valence-electron chi connectivity index (χ3n) is 4.89. The first-order chi connectivity index (χ1) is 16.2. The maximum atomic E-state index is 13.4. The molecular formula is C25H17F2N5S. The number of hydrazone groups is 1. The minimum Gasteiger partial charge on any atom is -0.253 e. The second-order valence-corrected chi connectivity index (χ2v) is 7.99. The molecule has 0 bridgehead atoms. The van der Waals surface area contributed by atoms with Crippen LogP contribution in [0.2, 0.25) is 0 Å². The highest BCUT2D eigenvalue weighted by Crippen LogP contribution is 2.26. The zero-order valence-electron chi connectivity index (χ0n) is 17.2. The van der Waals surface area contributed by atoms with Gasteiger partial charge in [-0.25, -0.2) is 18.4 Å². The quantitative estimate of drug-likeness (QED) is 0.238. The molecule has 0 saturated heterocycles. The summed E-state index contributed by atoms with van der Waals surface area (Å²) in [7, 11) is 0. The highest BCUT2D eigenvalue weighted by molar-refractivity contribution is 7.14. The number of hydrogen-bond donors (Lipinski definition) is 1. The number of benzene rings is 3. The maximum absolute atomic E-state index is 13.4. The van der Waals surface area contributed by atoms with Crippen LogP contribution in [0.4, 0.5) is 13.9 Å². The molecule has 5 aromatic rings. The first-order valence-corrected chi connectivity index (χ1v) is 11.0. The lowest BCUT2D eigenvalue weighted by molar-refractivity contribution is 0.627. The minimum atomic E-state index is -0.307. The molecule has 8 heteroatoms. The number of anilines is 1. The van der Waals surface area contributed by atoms with E-state index in [1.54, 1.807) is 35.2 Å². The second kappa shape index (κ2) is 9.13. The van der Waals surface area contributed by atoms with Crippen LogP contribution in [0.25, 0.3) is 28.2 Å². The molecule has 33 heavy (non-hydrogen) atoms. The monoisotopic (exact) mass is 457 g/mol. The van der Waals surface area contributed by atoms with Gasteiger partial charge in [-0.3, -0.25) is 5.43 Å². The van der Waals surface area contributed by atoms with E-state index in [0.717, 1.165) is 28.1 Å². The molecule has 2 aromatic heterocycles. The molecule has 2 heterocycles. The van der Waals surface area contributed by atoms with Crippen LogP contribution in [-0.2, 0) is 0 Å². The van der Waals surface area contributed by atoms with Crippen molar-refractivity contribution in [3.05, 3.63) is 108 Å². The number of rotatable bonds is 6. The molecule has 0 radical (unpaired) electrons. The van der Waals surface area contributed by atoms with Crippen LogP contribution in [0.15, 0.2) is 95.5 Å². The third kappa shape index (κ3) is 4.70. The molecule has 0 atom stereocenters. The SMILES string of the molecule is Fc1ccc(-c2csc(N/N=C/c3cn(-c4ccccc4)nc3-c3ccc(F)cc3)n2)cc1. The normalized spacial score (nSPS) is 11.2. The molecule has 0 unspecified atom stereocenters. The van der Waals surface area contributed by atoms with Crippen molar-refractivity contribution in [3.63, 3.8) is 0 Å². The summed E-state index contributed by atoms with van der Waals surface area (Å²) in [6, 6.07) is 22.1. The summed E-state index contributed by atoms with van der Waals surface area (Å²) in [4.78, 5) is 4.49. The Kier molecular flexibility index (Phi) is 5.73. The van der Waals surface area contributed by atoms with E-state index < -0.39 is 0 Å². The van der Waals surface area contributed by atoms with Crippen LogP contribution in [0.1, 0.15) is 5.56 Å². The molecule has 0 fully saturated rings. The fraction of sp³-hybridized carbons (Fsp3) is 0. The van der Waals surface area contributed by atoms with Gasteiger partial charge < -0.3 is 0 Å². The van der Waals surface area contributed by atoms with Crippen LogP contribution < -0.4 is 5.43 Å². The summed E-state index contributed by atoms with van der Waals surface area (Å²) in [6.07, 6.45) is 3.52. The van der Waals surface area contributed by atoms with E-state index in [4.69, 9.17) is 0 Å². The van der Waals surface area contributed by atoms with Crippen LogP contribution in [0.3, 0.4) is 0 Å². The Bertz CT molecular complexity index is 1390. The summed E-state index contributed by atoms with van der Waals surface area (Å²) in [5.41, 5.74) is 7.61. The molecule has 5 nitrogen and oxygen atoms in total. The van der Waals surface area contributed by atoms with Crippen molar-refractivity contribution in [2.75, 3.05) is 5.43 Å². The molecule has 0 saturated carbocycles. The van der Waals surface area contributed by atoms with Gasteiger partial charge in [-0.2, -0.15) is 10.2 Å². The summed E-state index contributed by atoms with van der Waals surface area (Å²) < 4.78 is 28.3. The molecule has 162 valence electrons. The average molecular weight is 458 g/mol. The van der Waals surface area contributed by atoms with E-state index in [-0.39, 0.29) is 11.6 Å². The van der Waals surface area contributed by atoms with Crippen molar-refractivity contribution in [2.45, 2.75) is 0 Å². The van der Waals surface area contributed by atoms with Gasteiger partial charge in [0.05, 0.1) is 17.6 Å². The van der Waals surface area contributed by atoms with E-state index in [9.17, 15) is 8.78 Å². The van der Waals surface area contributed by atoms with Crippen molar-refractivity contribution in [3.8, 4) is 28.2 Å². The topological polar surface area (TPSA) is 55.1 Å². The van der Waals surface area contributed by atoms with Crippen LogP contribution in [-0.4, -0.2) is 21.0 Å². The average Bonchev–Trinajstić information content (AvgIpc) is 3.49. The van der Waals surface area contributed by atoms with Gasteiger partial charge in [-0.1, -0.05) is 18.2 Å². The van der Waals surface area contributed by atoms with E-state index in [2.05, 4.69) is 20.6 Å². The first kappa shape index (κ1) is 20.7. The smallest absolute Gasteiger partial charge is 0.203 e. The number of nitrogens with zero attached hydrogens (tertiary/aromatic N) is 4. The first-order valence-electron chi connectivity index (χ1n) is 10.1. The second-order valence-electron chi connectivity index (χ2n) is 7.13. The fourth-order valence-corrected chi connectivity index (χ4v) is 3.93. The van der Waals surface area contributed by atoms with Crippen molar-refractivity contribution >= 4 is 22.7 Å².